The van der Waals surface area contributed by atoms with E-state index in [1.807, 2.05) is 6.92 Å². The average Bonchev–Trinajstić information content (AvgIpc) is 2.10. The van der Waals surface area contributed by atoms with Crippen LogP contribution in [-0.4, -0.2) is 60.5 Å². The fourth-order valence-electron chi connectivity index (χ4n) is 2.43. The molecule has 92 valence electrons. The Hall–Kier alpha value is -0.650. The second-order valence-corrected chi connectivity index (χ2v) is 5.02. The fourth-order valence-corrected chi connectivity index (χ4v) is 2.43. The van der Waals surface area contributed by atoms with E-state index in [0.717, 1.165) is 25.9 Å². The summed E-state index contributed by atoms with van der Waals surface area (Å²) in [5.41, 5.74) is -0.267. The summed E-state index contributed by atoms with van der Waals surface area (Å²) in [6, 6.07) is 0.603. The molecule has 0 aromatic carbocycles. The zero-order valence-corrected chi connectivity index (χ0v) is 9.81. The van der Waals surface area contributed by atoms with Gasteiger partial charge in [-0.1, -0.05) is 0 Å². The van der Waals surface area contributed by atoms with Crippen molar-refractivity contribution in [3.8, 4) is 0 Å². The van der Waals surface area contributed by atoms with Crippen molar-refractivity contribution in [3.63, 3.8) is 0 Å². The summed E-state index contributed by atoms with van der Waals surface area (Å²) in [6.07, 6.45) is 2.59. The van der Waals surface area contributed by atoms with Gasteiger partial charge in [0, 0.05) is 26.2 Å². The van der Waals surface area contributed by atoms with E-state index in [2.05, 4.69) is 4.90 Å². The lowest BCUT2D eigenvalue weighted by Crippen LogP contribution is -2.67. The lowest BCUT2D eigenvalue weighted by molar-refractivity contribution is -0.180. The molecule has 0 aromatic rings. The maximum atomic E-state index is 10.4. The molecule has 5 heteroatoms. The summed E-state index contributed by atoms with van der Waals surface area (Å²) >= 11 is 0. The maximum absolute atomic E-state index is 10.4. The highest BCUT2D eigenvalue weighted by Gasteiger charge is 2.46. The second kappa shape index (κ2) is 4.31. The minimum absolute atomic E-state index is 0.199. The molecule has 0 unspecified atom stereocenters. The molecule has 5 nitrogen and oxygen atoms in total. The summed E-state index contributed by atoms with van der Waals surface area (Å²) in [7, 11) is 1.75. The van der Waals surface area contributed by atoms with Gasteiger partial charge in [-0.3, -0.25) is 4.90 Å². The smallest absolute Gasteiger partial charge is 0.329 e. The van der Waals surface area contributed by atoms with Crippen molar-refractivity contribution in [2.45, 2.75) is 37.5 Å². The molecule has 2 aliphatic rings. The number of hydrogen-bond acceptors (Lipinski definition) is 4. The number of hydrogen-bond donors (Lipinski definition) is 1. The number of carboxylic acids is 1. The van der Waals surface area contributed by atoms with Gasteiger partial charge in [-0.15, -0.1) is 0 Å². The molecule has 2 fully saturated rings. The van der Waals surface area contributed by atoms with Crippen LogP contribution in [0.25, 0.3) is 0 Å². The van der Waals surface area contributed by atoms with Gasteiger partial charge in [0.15, 0.2) is 0 Å². The molecule has 0 amide bonds. The number of carbonyl (C=O) groups is 1. The fraction of sp³-hybridized carbons (Fsp3) is 0.909. The molecule has 16 heavy (non-hydrogen) atoms. The highest BCUT2D eigenvalue weighted by molar-refractivity contribution is 5.68. The molecule has 2 rings (SSSR count). The Kier molecular flexibility index (Phi) is 3.19. The van der Waals surface area contributed by atoms with Crippen molar-refractivity contribution >= 4 is 5.97 Å². The van der Waals surface area contributed by atoms with Gasteiger partial charge in [0.1, 0.15) is 6.61 Å². The van der Waals surface area contributed by atoms with Gasteiger partial charge < -0.3 is 14.6 Å². The molecule has 0 radical (unpaired) electrons. The number of nitrogens with zero attached hydrogens (tertiary/aromatic N) is 1. The molecular weight excluding hydrogens is 210 g/mol. The molecule has 0 aromatic heterocycles. The monoisotopic (exact) mass is 229 g/mol. The first-order valence-corrected chi connectivity index (χ1v) is 5.65. The van der Waals surface area contributed by atoms with Crippen LogP contribution in [0.2, 0.25) is 0 Å². The lowest BCUT2D eigenvalue weighted by Gasteiger charge is -2.54. The Morgan fingerprint density at radius 3 is 2.62 bits per heavy atom. The van der Waals surface area contributed by atoms with Crippen LogP contribution in [0.15, 0.2) is 0 Å². The van der Waals surface area contributed by atoms with Crippen LogP contribution in [0.5, 0.6) is 0 Å². The van der Waals surface area contributed by atoms with Crippen molar-refractivity contribution in [2.75, 3.05) is 26.8 Å². The third-order valence-electron chi connectivity index (χ3n) is 3.54. The molecule has 1 aliphatic heterocycles. The van der Waals surface area contributed by atoms with Crippen molar-refractivity contribution in [1.82, 2.24) is 4.90 Å². The lowest BCUT2D eigenvalue weighted by atomic mass is 9.83. The van der Waals surface area contributed by atoms with Gasteiger partial charge in [-0.05, 0) is 19.8 Å². The molecule has 1 saturated heterocycles. The Labute approximate surface area is 95.3 Å². The summed E-state index contributed by atoms with van der Waals surface area (Å²) in [6.45, 7) is 3.44. The predicted molar refractivity (Wildman–Crippen MR) is 57.4 cm³/mol. The van der Waals surface area contributed by atoms with Crippen LogP contribution in [0.1, 0.15) is 19.8 Å². The van der Waals surface area contributed by atoms with Crippen LogP contribution in [0, 0.1) is 0 Å². The minimum atomic E-state index is -0.900. The zero-order chi connectivity index (χ0) is 11.8. The van der Waals surface area contributed by atoms with E-state index >= 15 is 0 Å². The largest absolute Gasteiger partial charge is 0.480 e. The van der Waals surface area contributed by atoms with E-state index in [9.17, 15) is 4.79 Å². The number of likely N-dealkylation sites (tertiary alicyclic amines) is 1. The molecular formula is C11H19NO4. The molecule has 0 bridgehead atoms. The van der Waals surface area contributed by atoms with Crippen LogP contribution in [-0.2, 0) is 14.3 Å². The van der Waals surface area contributed by atoms with Crippen molar-refractivity contribution in [1.29, 1.82) is 0 Å². The van der Waals surface area contributed by atoms with Crippen molar-refractivity contribution in [2.24, 2.45) is 0 Å². The van der Waals surface area contributed by atoms with Gasteiger partial charge in [-0.25, -0.2) is 4.79 Å². The first-order chi connectivity index (χ1) is 7.52. The van der Waals surface area contributed by atoms with Crippen molar-refractivity contribution < 1.29 is 19.4 Å². The Balaban J connectivity index is 1.67. The third-order valence-corrected chi connectivity index (χ3v) is 3.54. The van der Waals surface area contributed by atoms with Gasteiger partial charge >= 0.3 is 5.97 Å². The highest BCUT2D eigenvalue weighted by atomic mass is 16.5. The standard InChI is InChI=1S/C11H19NO4/c1-11(16-5-10(13)14)6-12(7-11)8-3-9(4-8)15-2/h8-9H,3-7H2,1-2H3,(H,13,14). The molecule has 1 heterocycles. The maximum Gasteiger partial charge on any atom is 0.329 e. The second-order valence-electron chi connectivity index (χ2n) is 5.02. The number of aliphatic carboxylic acids is 1. The summed E-state index contributed by atoms with van der Waals surface area (Å²) in [4.78, 5) is 12.7. The Bertz CT molecular complexity index is 269. The Morgan fingerprint density at radius 1 is 1.50 bits per heavy atom. The topological polar surface area (TPSA) is 59.0 Å². The van der Waals surface area contributed by atoms with E-state index in [1.165, 1.54) is 0 Å². The normalized spacial score (nSPS) is 32.9. The van der Waals surface area contributed by atoms with Crippen LogP contribution < -0.4 is 0 Å². The van der Waals surface area contributed by atoms with E-state index in [4.69, 9.17) is 14.6 Å². The van der Waals surface area contributed by atoms with Gasteiger partial charge in [0.05, 0.1) is 11.7 Å². The van der Waals surface area contributed by atoms with Crippen molar-refractivity contribution in [3.05, 3.63) is 0 Å². The summed E-state index contributed by atoms with van der Waals surface area (Å²) in [5, 5.41) is 8.54. The first kappa shape index (κ1) is 11.8. The molecule has 0 atom stereocenters. The number of carboxylic acid groups (broad SMARTS) is 1. The highest BCUT2D eigenvalue weighted by Crippen LogP contribution is 2.35. The first-order valence-electron chi connectivity index (χ1n) is 5.65. The SMILES string of the molecule is COC1CC(N2CC(C)(OCC(=O)O)C2)C1. The summed E-state index contributed by atoms with van der Waals surface area (Å²) in [5.74, 6) is -0.900. The van der Waals surface area contributed by atoms with E-state index in [1.54, 1.807) is 7.11 Å². The predicted octanol–water partition coefficient (Wildman–Crippen LogP) is 0.339. The quantitative estimate of drug-likeness (QED) is 0.736. The third kappa shape index (κ3) is 2.36. The molecule has 0 spiro atoms. The molecule has 1 N–H and O–H groups in total. The van der Waals surface area contributed by atoms with Crippen LogP contribution >= 0.6 is 0 Å². The van der Waals surface area contributed by atoms with E-state index < -0.39 is 5.97 Å². The molecule has 1 saturated carbocycles. The van der Waals surface area contributed by atoms with Crippen LogP contribution in [0.4, 0.5) is 0 Å². The summed E-state index contributed by atoms with van der Waals surface area (Å²) < 4.78 is 10.6. The average molecular weight is 229 g/mol. The number of methoxy groups -OCH3 is 1. The van der Waals surface area contributed by atoms with Gasteiger partial charge in [0.25, 0.3) is 0 Å². The Morgan fingerprint density at radius 2 is 2.12 bits per heavy atom. The van der Waals surface area contributed by atoms with Gasteiger partial charge in [-0.2, -0.15) is 0 Å². The van der Waals surface area contributed by atoms with Gasteiger partial charge in [0.2, 0.25) is 0 Å². The van der Waals surface area contributed by atoms with E-state index in [0.29, 0.717) is 12.1 Å². The number of ether oxygens (including phenoxy) is 2. The van der Waals surface area contributed by atoms with Crippen LogP contribution in [0.3, 0.4) is 0 Å². The minimum Gasteiger partial charge on any atom is -0.480 e. The molecule has 1 aliphatic carbocycles. The number of rotatable bonds is 5. The van der Waals surface area contributed by atoms with E-state index in [-0.39, 0.29) is 12.2 Å². The zero-order valence-electron chi connectivity index (χ0n) is 9.81.